The summed E-state index contributed by atoms with van der Waals surface area (Å²) in [6.07, 6.45) is 4.54. The Kier molecular flexibility index (Phi) is 3.90. The van der Waals surface area contributed by atoms with Crippen LogP contribution in [0.25, 0.3) is 0 Å². The Morgan fingerprint density at radius 2 is 2.21 bits per heavy atom. The third kappa shape index (κ3) is 2.78. The number of rotatable bonds is 3. The molecule has 0 aromatic heterocycles. The van der Waals surface area contributed by atoms with Crippen LogP contribution in [-0.2, 0) is 4.79 Å². The van der Waals surface area contributed by atoms with Crippen molar-refractivity contribution in [2.75, 3.05) is 0 Å². The summed E-state index contributed by atoms with van der Waals surface area (Å²) in [4.78, 5) is 15.5. The molecule has 0 bridgehead atoms. The first-order chi connectivity index (χ1) is 8.90. The fourth-order valence-corrected chi connectivity index (χ4v) is 2.23. The molecule has 102 valence electrons. The van der Waals surface area contributed by atoms with Gasteiger partial charge in [0.05, 0.1) is 17.1 Å². The highest BCUT2D eigenvalue weighted by molar-refractivity contribution is 6.64. The van der Waals surface area contributed by atoms with Gasteiger partial charge in [-0.1, -0.05) is 13.8 Å². The lowest BCUT2D eigenvalue weighted by atomic mass is 9.93. The summed E-state index contributed by atoms with van der Waals surface area (Å²) in [6.45, 7) is 7.85. The van der Waals surface area contributed by atoms with E-state index in [1.54, 1.807) is 6.20 Å². The predicted octanol–water partition coefficient (Wildman–Crippen LogP) is 3.31. The van der Waals surface area contributed by atoms with Crippen molar-refractivity contribution in [2.24, 2.45) is 21.9 Å². The van der Waals surface area contributed by atoms with Gasteiger partial charge >= 0.3 is 0 Å². The van der Waals surface area contributed by atoms with Gasteiger partial charge in [0.1, 0.15) is 0 Å². The van der Waals surface area contributed by atoms with E-state index >= 15 is 0 Å². The highest BCUT2D eigenvalue weighted by Gasteiger charge is 2.27. The normalized spacial score (nSPS) is 23.8. The highest BCUT2D eigenvalue weighted by Crippen LogP contribution is 2.28. The fourth-order valence-electron chi connectivity index (χ4n) is 2.15. The highest BCUT2D eigenvalue weighted by atomic mass is 35.5. The topological polar surface area (TPSA) is 45.0 Å². The molecule has 0 aromatic rings. The maximum atomic E-state index is 11.2. The summed E-state index contributed by atoms with van der Waals surface area (Å²) >= 11 is 5.53. The Morgan fingerprint density at radius 1 is 1.53 bits per heavy atom. The first kappa shape index (κ1) is 14.0. The molecular weight excluding hydrogens is 262 g/mol. The smallest absolute Gasteiger partial charge is 0.224 e. The third-order valence-electron chi connectivity index (χ3n) is 3.44. The lowest BCUT2D eigenvalue weighted by molar-refractivity contribution is -0.114. The van der Waals surface area contributed by atoms with Gasteiger partial charge < -0.3 is 0 Å². The second-order valence-corrected chi connectivity index (χ2v) is 5.51. The largest absolute Gasteiger partial charge is 0.281 e. The molecule has 5 heteroatoms. The van der Waals surface area contributed by atoms with Crippen LogP contribution in [-0.4, -0.2) is 21.7 Å². The van der Waals surface area contributed by atoms with E-state index in [1.165, 1.54) is 0 Å². The summed E-state index contributed by atoms with van der Waals surface area (Å²) < 4.78 is 0. The van der Waals surface area contributed by atoms with Crippen molar-refractivity contribution in [3.8, 4) is 0 Å². The fraction of sp³-hybridized carbons (Fsp3) is 0.500. The molecule has 0 aromatic carbocycles. The van der Waals surface area contributed by atoms with Crippen LogP contribution in [0.5, 0.6) is 0 Å². The molecular formula is C14H18ClN3O. The van der Waals surface area contributed by atoms with Crippen LogP contribution in [0.15, 0.2) is 33.8 Å². The van der Waals surface area contributed by atoms with Crippen molar-refractivity contribution in [1.29, 1.82) is 0 Å². The Bertz CT molecular complexity index is 531. The molecule has 2 aliphatic rings. The molecule has 4 nitrogen and oxygen atoms in total. The second kappa shape index (κ2) is 5.29. The van der Waals surface area contributed by atoms with Crippen LogP contribution in [0.1, 0.15) is 34.1 Å². The molecule has 0 saturated heterocycles. The minimum Gasteiger partial charge on any atom is -0.281 e. The van der Waals surface area contributed by atoms with Crippen molar-refractivity contribution in [3.05, 3.63) is 23.7 Å². The molecule has 0 aliphatic carbocycles. The molecule has 2 rings (SSSR count). The predicted molar refractivity (Wildman–Crippen MR) is 78.0 cm³/mol. The average molecular weight is 280 g/mol. The van der Waals surface area contributed by atoms with Crippen LogP contribution < -0.4 is 0 Å². The van der Waals surface area contributed by atoms with Gasteiger partial charge in [-0.25, -0.2) is 5.01 Å². The van der Waals surface area contributed by atoms with Crippen molar-refractivity contribution in [3.63, 3.8) is 0 Å². The SMILES string of the molecule is CC1=CN=C(C)C2=CC(C)C(CC(C)C(=O)Cl)=NN12. The van der Waals surface area contributed by atoms with Crippen molar-refractivity contribution in [2.45, 2.75) is 34.1 Å². The summed E-state index contributed by atoms with van der Waals surface area (Å²) in [5.41, 5.74) is 3.95. The van der Waals surface area contributed by atoms with Gasteiger partial charge in [-0.05, 0) is 37.9 Å². The monoisotopic (exact) mass is 279 g/mol. The zero-order valence-electron chi connectivity index (χ0n) is 11.6. The number of hydrogen-bond acceptors (Lipinski definition) is 4. The number of hydrogen-bond donors (Lipinski definition) is 0. The molecule has 0 spiro atoms. The van der Waals surface area contributed by atoms with Crippen LogP contribution in [0.3, 0.4) is 0 Å². The first-order valence-corrected chi connectivity index (χ1v) is 6.78. The number of allylic oxidation sites excluding steroid dienone is 3. The van der Waals surface area contributed by atoms with Crippen LogP contribution in [0.2, 0.25) is 0 Å². The lowest BCUT2D eigenvalue weighted by Gasteiger charge is -2.32. The Labute approximate surface area is 118 Å². The molecule has 0 fully saturated rings. The van der Waals surface area contributed by atoms with E-state index in [-0.39, 0.29) is 17.1 Å². The van der Waals surface area contributed by atoms with E-state index < -0.39 is 0 Å². The van der Waals surface area contributed by atoms with E-state index in [2.05, 4.69) is 23.1 Å². The quantitative estimate of drug-likeness (QED) is 0.744. The van der Waals surface area contributed by atoms with Crippen LogP contribution >= 0.6 is 11.6 Å². The Balaban J connectivity index is 2.26. The third-order valence-corrected chi connectivity index (χ3v) is 3.82. The molecule has 0 saturated carbocycles. The van der Waals surface area contributed by atoms with Crippen LogP contribution in [0.4, 0.5) is 0 Å². The Hall–Kier alpha value is -1.42. The average Bonchev–Trinajstić information content (AvgIpc) is 2.35. The maximum absolute atomic E-state index is 11.2. The number of carbonyl (C=O) groups is 1. The van der Waals surface area contributed by atoms with E-state index in [9.17, 15) is 4.79 Å². The number of aliphatic imine (C=N–C) groups is 1. The molecule has 2 heterocycles. The number of hydrazone groups is 1. The van der Waals surface area contributed by atoms with Gasteiger partial charge in [-0.3, -0.25) is 9.79 Å². The van der Waals surface area contributed by atoms with Gasteiger partial charge in [0.25, 0.3) is 0 Å². The molecule has 0 N–H and O–H groups in total. The molecule has 2 atom stereocenters. The van der Waals surface area contributed by atoms with E-state index in [4.69, 9.17) is 11.6 Å². The van der Waals surface area contributed by atoms with Gasteiger partial charge in [0, 0.05) is 23.7 Å². The number of halogens is 1. The van der Waals surface area contributed by atoms with Gasteiger partial charge in [-0.2, -0.15) is 5.10 Å². The summed E-state index contributed by atoms with van der Waals surface area (Å²) in [5.74, 6) is -0.0116. The summed E-state index contributed by atoms with van der Waals surface area (Å²) in [5, 5.41) is 6.24. The molecule has 0 radical (unpaired) electrons. The van der Waals surface area contributed by atoms with E-state index in [0.29, 0.717) is 6.42 Å². The van der Waals surface area contributed by atoms with E-state index in [1.807, 2.05) is 25.8 Å². The number of fused-ring (bicyclic) bond motifs is 1. The first-order valence-electron chi connectivity index (χ1n) is 6.40. The zero-order chi connectivity index (χ0) is 14.2. The lowest BCUT2D eigenvalue weighted by Crippen LogP contribution is -2.31. The standard InChI is InChI=1S/C14H18ClN3O/c1-8-6-13-11(4)16-7-10(3)18(13)17-12(8)5-9(2)14(15)19/h6-9H,5H2,1-4H3. The second-order valence-electron chi connectivity index (χ2n) is 5.14. The van der Waals surface area contributed by atoms with Gasteiger partial charge in [0.15, 0.2) is 0 Å². The van der Waals surface area contributed by atoms with E-state index in [0.717, 1.165) is 22.8 Å². The summed E-state index contributed by atoms with van der Waals surface area (Å²) in [6, 6.07) is 0. The van der Waals surface area contributed by atoms with Gasteiger partial charge in [-0.15, -0.1) is 0 Å². The van der Waals surface area contributed by atoms with Crippen molar-refractivity contribution in [1.82, 2.24) is 5.01 Å². The molecule has 19 heavy (non-hydrogen) atoms. The number of nitrogens with zero attached hydrogens (tertiary/aromatic N) is 3. The molecule has 2 unspecified atom stereocenters. The Morgan fingerprint density at radius 3 is 2.84 bits per heavy atom. The maximum Gasteiger partial charge on any atom is 0.224 e. The molecule has 0 amide bonds. The zero-order valence-corrected chi connectivity index (χ0v) is 12.4. The minimum absolute atomic E-state index is 0.195. The minimum atomic E-state index is -0.312. The van der Waals surface area contributed by atoms with Crippen LogP contribution in [0, 0.1) is 11.8 Å². The van der Waals surface area contributed by atoms with Gasteiger partial charge in [0.2, 0.25) is 5.24 Å². The number of carbonyl (C=O) groups excluding carboxylic acids is 1. The van der Waals surface area contributed by atoms with Crippen molar-refractivity contribution < 1.29 is 4.79 Å². The summed E-state index contributed by atoms with van der Waals surface area (Å²) in [7, 11) is 0. The van der Waals surface area contributed by atoms with Crippen molar-refractivity contribution >= 4 is 28.3 Å². The molecule has 2 aliphatic heterocycles.